The molecular weight excluding hydrogens is 544 g/mol. The molecule has 8 heteroatoms. The molecule has 0 bridgehead atoms. The van der Waals surface area contributed by atoms with Gasteiger partial charge in [0, 0.05) is 23.9 Å². The van der Waals surface area contributed by atoms with Gasteiger partial charge in [-0.15, -0.1) is 0 Å². The fraction of sp³-hybridized carbons (Fsp3) is 0.971. The van der Waals surface area contributed by atoms with E-state index in [0.29, 0.717) is 24.8 Å². The van der Waals surface area contributed by atoms with E-state index in [9.17, 15) is 20.1 Å². The number of likely N-dealkylation sites (N-methyl/N-ethyl adjacent to an activating group) is 1. The summed E-state index contributed by atoms with van der Waals surface area (Å²) in [7, 11) is 4.00. The largest absolute Gasteiger partial charge is 0.446 e. The Morgan fingerprint density at radius 2 is 1.72 bits per heavy atom. The van der Waals surface area contributed by atoms with E-state index in [1.54, 1.807) is 13.8 Å². The number of aliphatic hydroxyl groups is 3. The zero-order valence-electron chi connectivity index (χ0n) is 28.3. The molecule has 43 heavy (non-hydrogen) atoms. The molecule has 6 rings (SSSR count). The van der Waals surface area contributed by atoms with Gasteiger partial charge in [-0.05, 0) is 119 Å². The van der Waals surface area contributed by atoms with E-state index in [2.05, 4.69) is 44.8 Å². The fourth-order valence-corrected chi connectivity index (χ4v) is 12.7. The molecule has 6 aliphatic rings. The lowest BCUT2D eigenvalue weighted by Crippen LogP contribution is -2.60. The number of aliphatic hydroxyl groups excluding tert-OH is 2. The van der Waals surface area contributed by atoms with Crippen molar-refractivity contribution < 1.29 is 29.6 Å². The summed E-state index contributed by atoms with van der Waals surface area (Å²) in [5, 5.41) is 36.9. The lowest BCUT2D eigenvalue weighted by atomic mass is 9.41. The SMILES string of the molecule is C[C@@H]1CC([C@H](O)C(C)(C)O)OC2[C@H]1[C@@]1(C)CCC34CC35CC[C@H](OC(=O)NCCN(C)C)C(C)(C)[C@@H]5CCC4[C@]1(C)[C@H]2O. The summed E-state index contributed by atoms with van der Waals surface area (Å²) < 4.78 is 12.8. The Bertz CT molecular complexity index is 1110. The standard InChI is InChI=1S/C35H60N2O6/c1-20-18-21(27(38)31(4,5)41)42-26-25(20)32(6)14-15-35-19-34(35)13-12-24(43-29(40)36-16-17-37(8)9)30(2,3)22(34)10-11-23(35)33(32,7)28(26)39/h20-28,38-39,41H,10-19H2,1-9H3,(H,36,40)/t20-,21?,22+,23?,24+,25+,26?,27+,28+,32-,33-,34?,35?/m1/s1. The molecule has 0 radical (unpaired) electrons. The molecule has 1 heterocycles. The van der Waals surface area contributed by atoms with E-state index in [0.717, 1.165) is 38.6 Å². The first kappa shape index (κ1) is 32.0. The van der Waals surface area contributed by atoms with Gasteiger partial charge in [0.1, 0.15) is 12.2 Å². The van der Waals surface area contributed by atoms with Crippen LogP contribution in [0.2, 0.25) is 0 Å². The van der Waals surface area contributed by atoms with Crippen LogP contribution in [0.5, 0.6) is 0 Å². The van der Waals surface area contributed by atoms with Crippen molar-refractivity contribution in [1.29, 1.82) is 0 Å². The van der Waals surface area contributed by atoms with E-state index in [1.165, 1.54) is 12.8 Å². The quantitative estimate of drug-likeness (QED) is 0.351. The van der Waals surface area contributed by atoms with Gasteiger partial charge in [0.15, 0.2) is 0 Å². The lowest BCUT2D eigenvalue weighted by molar-refractivity contribution is -0.202. The molecule has 5 saturated carbocycles. The van der Waals surface area contributed by atoms with Crippen LogP contribution in [0.3, 0.4) is 0 Å². The van der Waals surface area contributed by atoms with Gasteiger partial charge in [0.05, 0.1) is 23.9 Å². The highest BCUT2D eigenvalue weighted by molar-refractivity contribution is 5.67. The molecule has 246 valence electrons. The molecule has 5 unspecified atom stereocenters. The summed E-state index contributed by atoms with van der Waals surface area (Å²) in [6.45, 7) is 16.4. The number of nitrogens with one attached hydrogen (secondary N) is 1. The Balaban J connectivity index is 1.23. The summed E-state index contributed by atoms with van der Waals surface area (Å²) in [6.07, 6.45) is 5.62. The summed E-state index contributed by atoms with van der Waals surface area (Å²) in [6, 6.07) is 0. The molecule has 1 amide bonds. The monoisotopic (exact) mass is 604 g/mol. The Labute approximate surface area is 259 Å². The van der Waals surface area contributed by atoms with Gasteiger partial charge in [-0.1, -0.05) is 34.6 Å². The first-order chi connectivity index (χ1) is 19.9. The third-order valence-corrected chi connectivity index (χ3v) is 14.9. The number of hydrogen-bond donors (Lipinski definition) is 4. The van der Waals surface area contributed by atoms with E-state index in [1.807, 2.05) is 14.1 Å². The molecule has 1 aliphatic heterocycles. The first-order valence-electron chi connectivity index (χ1n) is 17.2. The zero-order valence-corrected chi connectivity index (χ0v) is 28.3. The van der Waals surface area contributed by atoms with Crippen molar-refractivity contribution in [3.63, 3.8) is 0 Å². The van der Waals surface area contributed by atoms with Gasteiger partial charge in [0.25, 0.3) is 0 Å². The second-order valence-electron chi connectivity index (χ2n) is 17.8. The number of carbonyl (C=O) groups excluding carboxylic acids is 1. The van der Waals surface area contributed by atoms with Crippen molar-refractivity contribution in [2.75, 3.05) is 27.2 Å². The summed E-state index contributed by atoms with van der Waals surface area (Å²) in [5.41, 5.74) is -1.20. The number of alkyl carbamates (subject to hydrolysis) is 1. The molecule has 5 aliphatic carbocycles. The molecule has 2 spiro atoms. The van der Waals surface area contributed by atoms with Crippen molar-refractivity contribution >= 4 is 6.09 Å². The van der Waals surface area contributed by atoms with Crippen LogP contribution in [0.25, 0.3) is 0 Å². The second-order valence-corrected chi connectivity index (χ2v) is 17.8. The fourth-order valence-electron chi connectivity index (χ4n) is 12.7. The summed E-state index contributed by atoms with van der Waals surface area (Å²) >= 11 is 0. The predicted octanol–water partition coefficient (Wildman–Crippen LogP) is 4.59. The lowest BCUT2D eigenvalue weighted by Gasteiger charge is -2.63. The highest BCUT2D eigenvalue weighted by atomic mass is 16.6. The van der Waals surface area contributed by atoms with E-state index < -0.39 is 23.9 Å². The predicted molar refractivity (Wildman–Crippen MR) is 165 cm³/mol. The van der Waals surface area contributed by atoms with Gasteiger partial charge < -0.3 is 35.0 Å². The highest BCUT2D eigenvalue weighted by Gasteiger charge is 2.84. The summed E-state index contributed by atoms with van der Waals surface area (Å²) in [5.74, 6) is 1.44. The summed E-state index contributed by atoms with van der Waals surface area (Å²) in [4.78, 5) is 14.8. The third-order valence-electron chi connectivity index (χ3n) is 14.9. The van der Waals surface area contributed by atoms with Crippen LogP contribution < -0.4 is 5.32 Å². The smallest absolute Gasteiger partial charge is 0.407 e. The van der Waals surface area contributed by atoms with Crippen molar-refractivity contribution in [3.05, 3.63) is 0 Å². The van der Waals surface area contributed by atoms with E-state index in [-0.39, 0.29) is 57.2 Å². The maximum absolute atomic E-state index is 12.7. The maximum Gasteiger partial charge on any atom is 0.407 e. The minimum absolute atomic E-state index is 0.0475. The number of carbonyl (C=O) groups is 1. The van der Waals surface area contributed by atoms with Crippen LogP contribution >= 0.6 is 0 Å². The number of rotatable bonds is 6. The highest BCUT2D eigenvalue weighted by Crippen LogP contribution is 2.89. The average Bonchev–Trinajstić information content (AvgIpc) is 3.54. The minimum atomic E-state index is -1.26. The molecule has 13 atom stereocenters. The number of hydrogen-bond acceptors (Lipinski definition) is 7. The van der Waals surface area contributed by atoms with Crippen molar-refractivity contribution in [1.82, 2.24) is 10.2 Å². The van der Waals surface area contributed by atoms with Gasteiger partial charge >= 0.3 is 6.09 Å². The Kier molecular flexibility index (Phi) is 7.47. The third kappa shape index (κ3) is 4.28. The molecule has 4 N–H and O–H groups in total. The molecule has 1 saturated heterocycles. The zero-order chi connectivity index (χ0) is 31.5. The van der Waals surface area contributed by atoms with E-state index in [4.69, 9.17) is 9.47 Å². The van der Waals surface area contributed by atoms with Crippen molar-refractivity contribution in [2.45, 2.75) is 136 Å². The topological polar surface area (TPSA) is 111 Å². The first-order valence-corrected chi connectivity index (χ1v) is 17.2. The Morgan fingerprint density at radius 3 is 2.37 bits per heavy atom. The van der Waals surface area contributed by atoms with Crippen LogP contribution in [-0.2, 0) is 9.47 Å². The Hall–Kier alpha value is -0.930. The van der Waals surface area contributed by atoms with Gasteiger partial charge in [-0.3, -0.25) is 0 Å². The number of amides is 1. The number of nitrogens with zero attached hydrogens (tertiary/aromatic N) is 1. The molecule has 8 nitrogen and oxygen atoms in total. The van der Waals surface area contributed by atoms with E-state index >= 15 is 0 Å². The minimum Gasteiger partial charge on any atom is -0.446 e. The van der Waals surface area contributed by atoms with Crippen LogP contribution in [0.15, 0.2) is 0 Å². The van der Waals surface area contributed by atoms with Gasteiger partial charge in [-0.25, -0.2) is 4.79 Å². The number of ether oxygens (including phenoxy) is 2. The second kappa shape index (κ2) is 10.0. The van der Waals surface area contributed by atoms with Gasteiger partial charge in [0.2, 0.25) is 0 Å². The van der Waals surface area contributed by atoms with Gasteiger partial charge in [-0.2, -0.15) is 0 Å². The van der Waals surface area contributed by atoms with Crippen molar-refractivity contribution in [2.24, 2.45) is 50.7 Å². The van der Waals surface area contributed by atoms with Crippen LogP contribution in [0, 0.1) is 50.7 Å². The Morgan fingerprint density at radius 1 is 1.07 bits per heavy atom. The van der Waals surface area contributed by atoms with Crippen LogP contribution in [0.1, 0.15) is 99.8 Å². The molecule has 0 aromatic rings. The normalized spacial score (nSPS) is 50.4. The maximum atomic E-state index is 12.7. The van der Waals surface area contributed by atoms with Crippen molar-refractivity contribution in [3.8, 4) is 0 Å². The number of fused-ring (bicyclic) bond motifs is 4. The molecule has 0 aromatic carbocycles. The van der Waals surface area contributed by atoms with Crippen LogP contribution in [0.4, 0.5) is 4.79 Å². The average molecular weight is 605 g/mol. The molecule has 6 fully saturated rings. The molecule has 0 aromatic heterocycles. The molecular formula is C35H60N2O6. The van der Waals surface area contributed by atoms with Crippen LogP contribution in [-0.4, -0.2) is 89.6 Å².